The standard InChI is InChI=1S/C58H39N/c1-2-12-40(13-3-1)41-24-26-42(27-25-41)43-28-33-48(34-29-43)59(50-17-10-16-47(38-50)52-23-11-15-45-14-4-5-18-51(45)52)49-35-30-44(31-36-49)46-32-37-57-55-21-7-6-19-53(55)54-20-8-9-22-56(54)58(57)39-46/h1-39H. The zero-order valence-corrected chi connectivity index (χ0v) is 32.5. The Balaban J connectivity index is 0.992. The molecule has 276 valence electrons. The highest BCUT2D eigenvalue weighted by atomic mass is 15.1. The maximum Gasteiger partial charge on any atom is 0.0467 e. The highest BCUT2D eigenvalue weighted by Gasteiger charge is 2.16. The van der Waals surface area contributed by atoms with Gasteiger partial charge >= 0.3 is 0 Å². The third-order valence-electron chi connectivity index (χ3n) is 11.9. The van der Waals surface area contributed by atoms with Crippen molar-refractivity contribution in [2.24, 2.45) is 0 Å². The lowest BCUT2D eigenvalue weighted by molar-refractivity contribution is 1.28. The highest BCUT2D eigenvalue weighted by molar-refractivity contribution is 6.25. The second-order valence-electron chi connectivity index (χ2n) is 15.3. The largest absolute Gasteiger partial charge is 0.310 e. The van der Waals surface area contributed by atoms with E-state index in [1.165, 1.54) is 87.6 Å². The predicted octanol–water partition coefficient (Wildman–Crippen LogP) is 16.4. The topological polar surface area (TPSA) is 3.24 Å². The van der Waals surface area contributed by atoms with Crippen LogP contribution >= 0.6 is 0 Å². The van der Waals surface area contributed by atoms with E-state index in [9.17, 15) is 0 Å². The zero-order valence-electron chi connectivity index (χ0n) is 32.5. The lowest BCUT2D eigenvalue weighted by Crippen LogP contribution is -2.10. The molecule has 0 N–H and O–H groups in total. The van der Waals surface area contributed by atoms with Crippen molar-refractivity contribution in [3.63, 3.8) is 0 Å². The minimum atomic E-state index is 1.10. The summed E-state index contributed by atoms with van der Waals surface area (Å²) >= 11 is 0. The molecule has 0 aliphatic heterocycles. The minimum Gasteiger partial charge on any atom is -0.310 e. The molecule has 0 atom stereocenters. The second kappa shape index (κ2) is 14.6. The van der Waals surface area contributed by atoms with Crippen LogP contribution in [0.1, 0.15) is 0 Å². The van der Waals surface area contributed by atoms with E-state index in [-0.39, 0.29) is 0 Å². The lowest BCUT2D eigenvalue weighted by atomic mass is 9.92. The highest BCUT2D eigenvalue weighted by Crippen LogP contribution is 2.41. The molecule has 0 unspecified atom stereocenters. The minimum absolute atomic E-state index is 1.10. The normalized spacial score (nSPS) is 11.4. The Morgan fingerprint density at radius 2 is 0.610 bits per heavy atom. The van der Waals surface area contributed by atoms with Crippen LogP contribution in [0.5, 0.6) is 0 Å². The van der Waals surface area contributed by atoms with Crippen LogP contribution in [0.4, 0.5) is 17.1 Å². The van der Waals surface area contributed by atoms with Crippen molar-refractivity contribution in [3.8, 4) is 44.5 Å². The summed E-state index contributed by atoms with van der Waals surface area (Å²) in [4.78, 5) is 2.38. The number of hydrogen-bond acceptors (Lipinski definition) is 1. The van der Waals surface area contributed by atoms with Crippen LogP contribution in [-0.4, -0.2) is 0 Å². The van der Waals surface area contributed by atoms with Crippen LogP contribution in [0.2, 0.25) is 0 Å². The Bertz CT molecular complexity index is 3250. The summed E-state index contributed by atoms with van der Waals surface area (Å²) in [5.41, 5.74) is 12.9. The second-order valence-corrected chi connectivity index (χ2v) is 15.3. The number of rotatable bonds is 7. The van der Waals surface area contributed by atoms with Gasteiger partial charge in [0.25, 0.3) is 0 Å². The molecular weight excluding hydrogens is 711 g/mol. The van der Waals surface area contributed by atoms with Gasteiger partial charge in [-0.15, -0.1) is 0 Å². The van der Waals surface area contributed by atoms with E-state index in [0.717, 1.165) is 17.1 Å². The Hall–Kier alpha value is -7.74. The van der Waals surface area contributed by atoms with Crippen LogP contribution in [0.15, 0.2) is 237 Å². The predicted molar refractivity (Wildman–Crippen MR) is 253 cm³/mol. The van der Waals surface area contributed by atoms with Crippen LogP contribution in [0.25, 0.3) is 87.6 Å². The summed E-state index contributed by atoms with van der Waals surface area (Å²) < 4.78 is 0. The van der Waals surface area contributed by atoms with Crippen molar-refractivity contribution in [1.82, 2.24) is 0 Å². The van der Waals surface area contributed by atoms with Crippen molar-refractivity contribution in [1.29, 1.82) is 0 Å². The summed E-state index contributed by atoms with van der Waals surface area (Å²) in [6.45, 7) is 0. The number of hydrogen-bond donors (Lipinski definition) is 0. The molecule has 0 amide bonds. The smallest absolute Gasteiger partial charge is 0.0467 e. The summed E-state index contributed by atoms with van der Waals surface area (Å²) in [7, 11) is 0. The number of nitrogens with zero attached hydrogens (tertiary/aromatic N) is 1. The number of fused-ring (bicyclic) bond motifs is 7. The molecule has 0 aliphatic rings. The van der Waals surface area contributed by atoms with Crippen molar-refractivity contribution in [3.05, 3.63) is 237 Å². The summed E-state index contributed by atoms with van der Waals surface area (Å²) in [5, 5.41) is 10.2. The summed E-state index contributed by atoms with van der Waals surface area (Å²) in [5.74, 6) is 0. The molecule has 0 radical (unpaired) electrons. The SMILES string of the molecule is c1ccc(-c2ccc(-c3ccc(N(c4ccc(-c5ccc6c7ccccc7c7ccccc7c6c5)cc4)c4cccc(-c5cccc6ccccc56)c4)cc3)cc2)cc1. The van der Waals surface area contributed by atoms with E-state index in [2.05, 4.69) is 241 Å². The Morgan fingerprint density at radius 1 is 0.203 bits per heavy atom. The molecule has 0 spiro atoms. The van der Waals surface area contributed by atoms with Gasteiger partial charge in [-0.25, -0.2) is 0 Å². The monoisotopic (exact) mass is 749 g/mol. The Labute approximate surface area is 344 Å². The van der Waals surface area contributed by atoms with Crippen LogP contribution in [0.3, 0.4) is 0 Å². The van der Waals surface area contributed by atoms with E-state index in [0.29, 0.717) is 0 Å². The van der Waals surface area contributed by atoms with Gasteiger partial charge in [0.05, 0.1) is 0 Å². The molecule has 0 saturated carbocycles. The maximum atomic E-state index is 2.38. The molecule has 11 aromatic carbocycles. The van der Waals surface area contributed by atoms with Crippen molar-refractivity contribution in [2.75, 3.05) is 4.90 Å². The Kier molecular flexibility index (Phi) is 8.56. The molecule has 59 heavy (non-hydrogen) atoms. The van der Waals surface area contributed by atoms with E-state index in [1.807, 2.05) is 0 Å². The molecule has 11 aromatic rings. The molecule has 0 aromatic heterocycles. The Morgan fingerprint density at radius 3 is 1.22 bits per heavy atom. The first-order valence-corrected chi connectivity index (χ1v) is 20.3. The third kappa shape index (κ3) is 6.30. The van der Waals surface area contributed by atoms with Gasteiger partial charge in [0.15, 0.2) is 0 Å². The number of benzene rings is 11. The molecule has 0 aliphatic carbocycles. The molecule has 0 bridgehead atoms. The average molecular weight is 750 g/mol. The quantitative estimate of drug-likeness (QED) is 0.147. The number of anilines is 3. The van der Waals surface area contributed by atoms with E-state index in [4.69, 9.17) is 0 Å². The molecule has 1 nitrogen and oxygen atoms in total. The van der Waals surface area contributed by atoms with E-state index in [1.54, 1.807) is 0 Å². The van der Waals surface area contributed by atoms with Gasteiger partial charge in [0.2, 0.25) is 0 Å². The van der Waals surface area contributed by atoms with E-state index >= 15 is 0 Å². The average Bonchev–Trinajstić information content (AvgIpc) is 3.32. The van der Waals surface area contributed by atoms with Crippen LogP contribution in [0, 0.1) is 0 Å². The van der Waals surface area contributed by atoms with Crippen molar-refractivity contribution in [2.45, 2.75) is 0 Å². The molecule has 0 fully saturated rings. The molecule has 0 heterocycles. The zero-order chi connectivity index (χ0) is 39.1. The van der Waals surface area contributed by atoms with Gasteiger partial charge in [-0.3, -0.25) is 0 Å². The van der Waals surface area contributed by atoms with E-state index < -0.39 is 0 Å². The summed E-state index contributed by atoms with van der Waals surface area (Å²) in [6, 6.07) is 86.1. The first-order valence-electron chi connectivity index (χ1n) is 20.3. The molecule has 0 saturated heterocycles. The van der Waals surface area contributed by atoms with Crippen LogP contribution in [-0.2, 0) is 0 Å². The first-order chi connectivity index (χ1) is 29.2. The van der Waals surface area contributed by atoms with Crippen molar-refractivity contribution < 1.29 is 0 Å². The summed E-state index contributed by atoms with van der Waals surface area (Å²) in [6.07, 6.45) is 0. The van der Waals surface area contributed by atoms with Gasteiger partial charge < -0.3 is 4.90 Å². The fourth-order valence-electron chi connectivity index (χ4n) is 8.92. The molecule has 1 heteroatoms. The van der Waals surface area contributed by atoms with Gasteiger partial charge in [0, 0.05) is 17.1 Å². The first kappa shape index (κ1) is 34.5. The molecule has 11 rings (SSSR count). The van der Waals surface area contributed by atoms with Gasteiger partial charge in [0.1, 0.15) is 0 Å². The van der Waals surface area contributed by atoms with Gasteiger partial charge in [-0.1, -0.05) is 194 Å². The molecular formula is C58H39N. The van der Waals surface area contributed by atoms with Gasteiger partial charge in [-0.2, -0.15) is 0 Å². The fraction of sp³-hybridized carbons (Fsp3) is 0. The third-order valence-corrected chi connectivity index (χ3v) is 11.9. The fourth-order valence-corrected chi connectivity index (χ4v) is 8.92. The van der Waals surface area contributed by atoms with Crippen LogP contribution < -0.4 is 4.90 Å². The van der Waals surface area contributed by atoms with Crippen molar-refractivity contribution >= 4 is 60.2 Å². The lowest BCUT2D eigenvalue weighted by Gasteiger charge is -2.26. The van der Waals surface area contributed by atoms with Gasteiger partial charge in [-0.05, 0) is 130 Å². The maximum absolute atomic E-state index is 2.38.